The van der Waals surface area contributed by atoms with Crippen LogP contribution in [0.1, 0.15) is 48.7 Å². The summed E-state index contributed by atoms with van der Waals surface area (Å²) in [5, 5.41) is 3.27. The van der Waals surface area contributed by atoms with Crippen LogP contribution in [0.5, 0.6) is 0 Å². The van der Waals surface area contributed by atoms with Crippen LogP contribution in [-0.2, 0) is 17.8 Å². The third kappa shape index (κ3) is 4.60. The molecule has 38 heavy (non-hydrogen) atoms. The van der Waals surface area contributed by atoms with Crippen LogP contribution in [-0.4, -0.2) is 63.7 Å². The Morgan fingerprint density at radius 1 is 1.13 bits per heavy atom. The van der Waals surface area contributed by atoms with Gasteiger partial charge in [0.05, 0.1) is 30.1 Å². The number of hydrogen-bond donors (Lipinski definition) is 1. The highest BCUT2D eigenvalue weighted by molar-refractivity contribution is 5.98. The minimum atomic E-state index is -0.416. The Morgan fingerprint density at radius 3 is 2.66 bits per heavy atom. The fourth-order valence-electron chi connectivity index (χ4n) is 5.51. The molecule has 0 aliphatic carbocycles. The first-order valence-corrected chi connectivity index (χ1v) is 13.0. The summed E-state index contributed by atoms with van der Waals surface area (Å²) in [6, 6.07) is 12.2. The van der Waals surface area contributed by atoms with Gasteiger partial charge in [-0.3, -0.25) is 18.7 Å². The van der Waals surface area contributed by atoms with Gasteiger partial charge in [-0.1, -0.05) is 18.2 Å². The second-order valence-corrected chi connectivity index (χ2v) is 10.2. The van der Waals surface area contributed by atoms with Crippen LogP contribution in [0.25, 0.3) is 10.9 Å². The fourth-order valence-corrected chi connectivity index (χ4v) is 5.51. The Hall–Kier alpha value is -3.92. The van der Waals surface area contributed by atoms with E-state index in [1.807, 2.05) is 43.0 Å². The van der Waals surface area contributed by atoms with E-state index in [0.29, 0.717) is 36.2 Å². The molecule has 0 saturated carbocycles. The van der Waals surface area contributed by atoms with E-state index in [9.17, 15) is 19.2 Å². The highest BCUT2D eigenvalue weighted by Gasteiger charge is 2.35. The number of nitrogens with one attached hydrogen (secondary N) is 1. The molecule has 0 unspecified atom stereocenters. The topological polar surface area (TPSA) is 106 Å². The first kappa shape index (κ1) is 25.7. The number of carbonyl (C=O) groups is 2. The molecule has 2 aliphatic heterocycles. The molecule has 10 heteroatoms. The summed E-state index contributed by atoms with van der Waals surface area (Å²) in [5.41, 5.74) is 1.95. The molecule has 3 heterocycles. The molecular weight excluding hydrogens is 486 g/mol. The van der Waals surface area contributed by atoms with Crippen molar-refractivity contribution >= 4 is 28.5 Å². The molecule has 5 rings (SSSR count). The molecule has 10 nitrogen and oxygen atoms in total. The molecule has 2 aliphatic rings. The standard InChI is InChI=1S/C28H33N5O5/c1-18(2)33-24-11-10-20(15-23(24)26(35)31(28(33)37)13-14-38-3)29-27(36)30-12-6-8-21(17-30)32-16-19-7-4-5-9-22(19)25(32)34/h4-5,7,9-11,15,18,21H,6,8,12-14,16-17H2,1-3H3,(H,29,36)/t21-/m1/s1. The van der Waals surface area contributed by atoms with Crippen LogP contribution in [0.3, 0.4) is 0 Å². The molecule has 0 bridgehead atoms. The van der Waals surface area contributed by atoms with E-state index >= 15 is 0 Å². The Balaban J connectivity index is 1.37. The van der Waals surface area contributed by atoms with Gasteiger partial charge in [-0.15, -0.1) is 0 Å². The van der Waals surface area contributed by atoms with Gasteiger partial charge in [-0.05, 0) is 56.5 Å². The summed E-state index contributed by atoms with van der Waals surface area (Å²) < 4.78 is 7.85. The van der Waals surface area contributed by atoms with Crippen molar-refractivity contribution in [3.05, 3.63) is 74.4 Å². The SMILES string of the molecule is COCCn1c(=O)c2cc(NC(=O)N3CCC[C@@H](N4Cc5ccccc5C4=O)C3)ccc2n(C(C)C)c1=O. The smallest absolute Gasteiger partial charge is 0.331 e. The third-order valence-electron chi connectivity index (χ3n) is 7.43. The van der Waals surface area contributed by atoms with E-state index in [1.54, 1.807) is 27.7 Å². The quantitative estimate of drug-likeness (QED) is 0.539. The van der Waals surface area contributed by atoms with Crippen molar-refractivity contribution in [2.24, 2.45) is 0 Å². The Bertz CT molecular complexity index is 1510. The maximum absolute atomic E-state index is 13.2. The van der Waals surface area contributed by atoms with E-state index in [2.05, 4.69) is 5.32 Å². The van der Waals surface area contributed by atoms with Crippen LogP contribution in [0.2, 0.25) is 0 Å². The van der Waals surface area contributed by atoms with Gasteiger partial charge < -0.3 is 19.9 Å². The molecule has 1 atom stereocenters. The third-order valence-corrected chi connectivity index (χ3v) is 7.43. The van der Waals surface area contributed by atoms with Crippen molar-refractivity contribution in [1.29, 1.82) is 0 Å². The molecule has 1 N–H and O–H groups in total. The average Bonchev–Trinajstić information content (AvgIpc) is 3.25. The van der Waals surface area contributed by atoms with E-state index in [1.165, 1.54) is 11.7 Å². The van der Waals surface area contributed by atoms with Gasteiger partial charge in [0.1, 0.15) is 0 Å². The average molecular weight is 520 g/mol. The summed E-state index contributed by atoms with van der Waals surface area (Å²) in [6.07, 6.45) is 1.63. The number of nitrogens with zero attached hydrogens (tertiary/aromatic N) is 4. The van der Waals surface area contributed by atoms with Crippen LogP contribution in [0.15, 0.2) is 52.1 Å². The number of hydrogen-bond acceptors (Lipinski definition) is 5. The molecule has 0 radical (unpaired) electrons. The number of anilines is 1. The van der Waals surface area contributed by atoms with Gasteiger partial charge in [0, 0.05) is 44.0 Å². The Kier molecular flexibility index (Phi) is 7.07. The number of fused-ring (bicyclic) bond motifs is 2. The van der Waals surface area contributed by atoms with Gasteiger partial charge in [-0.2, -0.15) is 0 Å². The second kappa shape index (κ2) is 10.4. The van der Waals surface area contributed by atoms with Crippen LogP contribution < -0.4 is 16.6 Å². The maximum atomic E-state index is 13.2. The zero-order valence-corrected chi connectivity index (χ0v) is 22.0. The van der Waals surface area contributed by atoms with Crippen molar-refractivity contribution < 1.29 is 14.3 Å². The first-order chi connectivity index (χ1) is 18.3. The molecule has 1 saturated heterocycles. The maximum Gasteiger partial charge on any atom is 0.331 e. The molecule has 3 amide bonds. The molecule has 1 fully saturated rings. The van der Waals surface area contributed by atoms with Crippen LogP contribution >= 0.6 is 0 Å². The number of methoxy groups -OCH3 is 1. The number of rotatable bonds is 6. The Labute approximate surface area is 220 Å². The van der Waals surface area contributed by atoms with Gasteiger partial charge in [0.2, 0.25) is 0 Å². The van der Waals surface area contributed by atoms with Gasteiger partial charge >= 0.3 is 11.7 Å². The van der Waals surface area contributed by atoms with E-state index in [0.717, 1.165) is 24.0 Å². The fraction of sp³-hybridized carbons (Fsp3) is 0.429. The molecule has 2 aromatic carbocycles. The number of urea groups is 1. The van der Waals surface area contributed by atoms with Crippen molar-refractivity contribution in [1.82, 2.24) is 18.9 Å². The first-order valence-electron chi connectivity index (χ1n) is 13.0. The largest absolute Gasteiger partial charge is 0.383 e. The summed E-state index contributed by atoms with van der Waals surface area (Å²) in [7, 11) is 1.52. The molecule has 200 valence electrons. The summed E-state index contributed by atoms with van der Waals surface area (Å²) in [6.45, 7) is 5.73. The van der Waals surface area contributed by atoms with E-state index in [-0.39, 0.29) is 42.9 Å². The number of likely N-dealkylation sites (tertiary alicyclic amines) is 1. The van der Waals surface area contributed by atoms with Gasteiger partial charge in [0.15, 0.2) is 0 Å². The van der Waals surface area contributed by atoms with Crippen molar-refractivity contribution in [2.75, 3.05) is 32.1 Å². The van der Waals surface area contributed by atoms with Crippen molar-refractivity contribution in [3.63, 3.8) is 0 Å². The van der Waals surface area contributed by atoms with E-state index in [4.69, 9.17) is 4.74 Å². The lowest BCUT2D eigenvalue weighted by Gasteiger charge is -2.37. The number of amides is 3. The van der Waals surface area contributed by atoms with Gasteiger partial charge in [-0.25, -0.2) is 9.59 Å². The van der Waals surface area contributed by atoms with Crippen LogP contribution in [0.4, 0.5) is 10.5 Å². The lowest BCUT2D eigenvalue weighted by Crippen LogP contribution is -2.51. The summed E-state index contributed by atoms with van der Waals surface area (Å²) in [4.78, 5) is 56.0. The van der Waals surface area contributed by atoms with Crippen molar-refractivity contribution in [2.45, 2.75) is 51.9 Å². The lowest BCUT2D eigenvalue weighted by molar-refractivity contribution is 0.0608. The lowest BCUT2D eigenvalue weighted by atomic mass is 10.0. The zero-order chi connectivity index (χ0) is 27.0. The van der Waals surface area contributed by atoms with Gasteiger partial charge in [0.25, 0.3) is 11.5 Å². The summed E-state index contributed by atoms with van der Waals surface area (Å²) in [5.74, 6) is 0.0170. The second-order valence-electron chi connectivity index (χ2n) is 10.2. The molecular formula is C28H33N5O5. The summed E-state index contributed by atoms with van der Waals surface area (Å²) >= 11 is 0. The zero-order valence-electron chi connectivity index (χ0n) is 22.0. The number of benzene rings is 2. The number of piperidine rings is 1. The molecule has 1 aromatic heterocycles. The highest BCUT2D eigenvalue weighted by Crippen LogP contribution is 2.28. The minimum Gasteiger partial charge on any atom is -0.383 e. The highest BCUT2D eigenvalue weighted by atomic mass is 16.5. The molecule has 0 spiro atoms. The normalized spacial score (nSPS) is 17.4. The van der Waals surface area contributed by atoms with Crippen LogP contribution in [0, 0.1) is 0 Å². The monoisotopic (exact) mass is 519 g/mol. The predicted molar refractivity (Wildman–Crippen MR) is 145 cm³/mol. The number of carbonyl (C=O) groups excluding carboxylic acids is 2. The number of ether oxygens (including phenoxy) is 1. The van der Waals surface area contributed by atoms with E-state index < -0.39 is 5.56 Å². The predicted octanol–water partition coefficient (Wildman–Crippen LogP) is 3.04. The minimum absolute atomic E-state index is 0.0170. The Morgan fingerprint density at radius 2 is 1.92 bits per heavy atom. The van der Waals surface area contributed by atoms with Crippen molar-refractivity contribution in [3.8, 4) is 0 Å². The number of aromatic nitrogens is 2. The molecule has 3 aromatic rings.